The molecule has 0 aliphatic carbocycles. The molecule has 2 heterocycles. The summed E-state index contributed by atoms with van der Waals surface area (Å²) in [7, 11) is 0. The third-order valence-electron chi connectivity index (χ3n) is 10.5. The van der Waals surface area contributed by atoms with Gasteiger partial charge < -0.3 is 0 Å². The second kappa shape index (κ2) is 10.9. The molecule has 0 spiro atoms. The van der Waals surface area contributed by atoms with Crippen molar-refractivity contribution in [1.82, 2.24) is 0 Å². The molecular formula is C48H28S2. The second-order valence-corrected chi connectivity index (χ2v) is 15.3. The average Bonchev–Trinajstić information content (AvgIpc) is 3.75. The van der Waals surface area contributed by atoms with Gasteiger partial charge in [-0.15, -0.1) is 22.7 Å². The van der Waals surface area contributed by atoms with E-state index < -0.39 is 0 Å². The molecule has 0 saturated carbocycles. The summed E-state index contributed by atoms with van der Waals surface area (Å²) in [4.78, 5) is 0. The van der Waals surface area contributed by atoms with Crippen LogP contribution >= 0.6 is 22.7 Å². The van der Waals surface area contributed by atoms with Gasteiger partial charge in [-0.2, -0.15) is 0 Å². The largest absolute Gasteiger partial charge is 0.135 e. The maximum atomic E-state index is 2.44. The van der Waals surface area contributed by atoms with Gasteiger partial charge in [0.05, 0.1) is 0 Å². The molecule has 0 aliphatic heterocycles. The fourth-order valence-electron chi connectivity index (χ4n) is 8.32. The van der Waals surface area contributed by atoms with Gasteiger partial charge in [0.15, 0.2) is 0 Å². The molecule has 2 aromatic heterocycles. The van der Waals surface area contributed by atoms with Crippen molar-refractivity contribution in [3.8, 4) is 33.4 Å². The van der Waals surface area contributed by atoms with E-state index in [1.807, 2.05) is 22.7 Å². The lowest BCUT2D eigenvalue weighted by molar-refractivity contribution is 1.64. The maximum absolute atomic E-state index is 2.44. The van der Waals surface area contributed by atoms with Gasteiger partial charge in [0, 0.05) is 40.3 Å². The van der Waals surface area contributed by atoms with Gasteiger partial charge in [-0.1, -0.05) is 152 Å². The van der Waals surface area contributed by atoms with E-state index >= 15 is 0 Å². The third-order valence-corrected chi connectivity index (χ3v) is 12.8. The van der Waals surface area contributed by atoms with E-state index in [2.05, 4.69) is 170 Å². The zero-order chi connectivity index (χ0) is 32.8. The SMILES string of the molecule is c1ccc(-c2c3ccccc3c(-c3ccc(-c4cc5sc6c(ccc7sc8ccccc8c76)c5c5ccccc45)cc3)c3ccccc23)cc1. The van der Waals surface area contributed by atoms with Crippen molar-refractivity contribution < 1.29 is 0 Å². The van der Waals surface area contributed by atoms with E-state index in [-0.39, 0.29) is 0 Å². The van der Waals surface area contributed by atoms with Crippen molar-refractivity contribution in [2.45, 2.75) is 0 Å². The van der Waals surface area contributed by atoms with Crippen LogP contribution in [0.3, 0.4) is 0 Å². The summed E-state index contributed by atoms with van der Waals surface area (Å²) < 4.78 is 5.45. The molecule has 0 N–H and O–H groups in total. The van der Waals surface area contributed by atoms with Crippen molar-refractivity contribution in [2.75, 3.05) is 0 Å². The monoisotopic (exact) mass is 668 g/mol. The van der Waals surface area contributed by atoms with Crippen LogP contribution in [0.1, 0.15) is 0 Å². The first kappa shape index (κ1) is 28.1. The standard InChI is InChI=1S/C48H28S2/c1-2-12-30(13-3-1)44-34-16-6-8-18-36(34)45(37-19-9-7-17-35(37)44)31-24-22-29(23-25-31)40-28-43-46(33-15-5-4-14-32(33)40)39-26-27-42-47(48(39)50-43)38-20-10-11-21-41(38)49-42/h1-28H. The highest BCUT2D eigenvalue weighted by molar-refractivity contribution is 7.30. The Morgan fingerprint density at radius 1 is 0.280 bits per heavy atom. The highest BCUT2D eigenvalue weighted by Gasteiger charge is 2.19. The van der Waals surface area contributed by atoms with Crippen molar-refractivity contribution in [1.29, 1.82) is 0 Å². The molecule has 11 rings (SSSR count). The second-order valence-electron chi connectivity index (χ2n) is 13.1. The Hall–Kier alpha value is -5.80. The van der Waals surface area contributed by atoms with Crippen LogP contribution in [0.15, 0.2) is 170 Å². The molecule has 0 amide bonds. The van der Waals surface area contributed by atoms with Gasteiger partial charge in [0.1, 0.15) is 0 Å². The molecule has 0 radical (unpaired) electrons. The van der Waals surface area contributed by atoms with E-state index in [0.717, 1.165) is 0 Å². The smallest absolute Gasteiger partial charge is 0.0448 e. The molecule has 0 saturated heterocycles. The van der Waals surface area contributed by atoms with Crippen LogP contribution in [0.4, 0.5) is 0 Å². The summed E-state index contributed by atoms with van der Waals surface area (Å²) in [6.07, 6.45) is 0. The molecule has 0 atom stereocenters. The zero-order valence-corrected chi connectivity index (χ0v) is 28.6. The number of benzene rings is 9. The quantitative estimate of drug-likeness (QED) is 0.164. The molecule has 2 heteroatoms. The highest BCUT2D eigenvalue weighted by atomic mass is 32.1. The van der Waals surface area contributed by atoms with Crippen LogP contribution in [0.5, 0.6) is 0 Å². The molecule has 232 valence electrons. The first-order valence-electron chi connectivity index (χ1n) is 17.1. The van der Waals surface area contributed by atoms with E-state index in [4.69, 9.17) is 0 Å². The topological polar surface area (TPSA) is 0 Å². The van der Waals surface area contributed by atoms with Gasteiger partial charge in [-0.3, -0.25) is 0 Å². The zero-order valence-electron chi connectivity index (χ0n) is 27.0. The predicted octanol–water partition coefficient (Wildman–Crippen LogP) is 14.9. The minimum atomic E-state index is 1.24. The number of rotatable bonds is 3. The van der Waals surface area contributed by atoms with Crippen LogP contribution in [0.2, 0.25) is 0 Å². The number of hydrogen-bond donors (Lipinski definition) is 0. The minimum absolute atomic E-state index is 1.24. The van der Waals surface area contributed by atoms with Crippen molar-refractivity contribution in [3.63, 3.8) is 0 Å². The van der Waals surface area contributed by atoms with Crippen molar-refractivity contribution in [2.24, 2.45) is 0 Å². The lowest BCUT2D eigenvalue weighted by atomic mass is 9.85. The van der Waals surface area contributed by atoms with Gasteiger partial charge in [0.25, 0.3) is 0 Å². The summed E-state index contributed by atoms with van der Waals surface area (Å²) in [5.74, 6) is 0. The molecule has 0 nitrogen and oxygen atoms in total. The first-order valence-corrected chi connectivity index (χ1v) is 18.7. The molecular weight excluding hydrogens is 641 g/mol. The van der Waals surface area contributed by atoms with E-state index in [1.54, 1.807) is 0 Å². The van der Waals surface area contributed by atoms with Crippen LogP contribution in [0, 0.1) is 0 Å². The molecule has 11 aromatic rings. The highest BCUT2D eigenvalue weighted by Crippen LogP contribution is 2.49. The van der Waals surface area contributed by atoms with Crippen LogP contribution in [-0.4, -0.2) is 0 Å². The number of thiophene rings is 2. The first-order chi connectivity index (χ1) is 24.8. The Labute approximate surface area is 297 Å². The maximum Gasteiger partial charge on any atom is 0.0448 e. The molecule has 0 unspecified atom stereocenters. The van der Waals surface area contributed by atoms with Gasteiger partial charge in [-0.25, -0.2) is 0 Å². The van der Waals surface area contributed by atoms with E-state index in [9.17, 15) is 0 Å². The van der Waals surface area contributed by atoms with Crippen LogP contribution in [-0.2, 0) is 0 Å². The Morgan fingerprint density at radius 3 is 1.46 bits per heavy atom. The third kappa shape index (κ3) is 4.04. The lowest BCUT2D eigenvalue weighted by Gasteiger charge is -2.18. The van der Waals surface area contributed by atoms with E-state index in [0.29, 0.717) is 0 Å². The predicted molar refractivity (Wildman–Crippen MR) is 221 cm³/mol. The Kier molecular flexibility index (Phi) is 6.09. The van der Waals surface area contributed by atoms with Crippen LogP contribution in [0.25, 0.3) is 106 Å². The lowest BCUT2D eigenvalue weighted by Crippen LogP contribution is -1.91. The van der Waals surface area contributed by atoms with Crippen molar-refractivity contribution in [3.05, 3.63) is 170 Å². The fourth-order valence-corrected chi connectivity index (χ4v) is 10.8. The summed E-state index contributed by atoms with van der Waals surface area (Å²) in [5.41, 5.74) is 7.60. The fraction of sp³-hybridized carbons (Fsp3) is 0. The van der Waals surface area contributed by atoms with Gasteiger partial charge in [0.2, 0.25) is 0 Å². The molecule has 0 fully saturated rings. The number of hydrogen-bond acceptors (Lipinski definition) is 2. The minimum Gasteiger partial charge on any atom is -0.135 e. The van der Waals surface area contributed by atoms with E-state index in [1.165, 1.54) is 106 Å². The Balaban J connectivity index is 1.13. The molecule has 0 bridgehead atoms. The normalized spacial score (nSPS) is 12.0. The average molecular weight is 669 g/mol. The Bertz CT molecular complexity index is 3070. The van der Waals surface area contributed by atoms with Crippen molar-refractivity contribution >= 4 is 95.3 Å². The van der Waals surface area contributed by atoms with Gasteiger partial charge in [-0.05, 0) is 83.9 Å². The molecule has 50 heavy (non-hydrogen) atoms. The Morgan fingerprint density at radius 2 is 0.800 bits per heavy atom. The summed E-state index contributed by atoms with van der Waals surface area (Å²) in [5, 5.41) is 13.2. The van der Waals surface area contributed by atoms with Crippen LogP contribution < -0.4 is 0 Å². The summed E-state index contributed by atoms with van der Waals surface area (Å²) >= 11 is 3.84. The summed E-state index contributed by atoms with van der Waals surface area (Å²) in [6, 6.07) is 62.9. The van der Waals surface area contributed by atoms with Gasteiger partial charge >= 0.3 is 0 Å². The summed E-state index contributed by atoms with van der Waals surface area (Å²) in [6.45, 7) is 0. The molecule has 0 aliphatic rings. The number of fused-ring (bicyclic) bond motifs is 11. The molecule has 9 aromatic carbocycles.